The molecule has 16 heteroatoms. The van der Waals surface area contributed by atoms with Gasteiger partial charge in [0, 0.05) is 43.8 Å². The van der Waals surface area contributed by atoms with Crippen LogP contribution in [-0.2, 0) is 20.9 Å². The molecule has 0 aliphatic carbocycles. The van der Waals surface area contributed by atoms with E-state index in [0.29, 0.717) is 54.9 Å². The quantitative estimate of drug-likeness (QED) is 0.262. The Morgan fingerprint density at radius 2 is 1.98 bits per heavy atom. The van der Waals surface area contributed by atoms with Gasteiger partial charge in [0.25, 0.3) is 0 Å². The number of anilines is 1. The molecular formula is C28H34N8O7S. The lowest BCUT2D eigenvalue weighted by Crippen LogP contribution is -2.51. The Morgan fingerprint density at radius 1 is 1.18 bits per heavy atom. The number of amides is 1. The second-order valence-electron chi connectivity index (χ2n) is 10.4. The number of hydrogen-bond acceptors (Lipinski definition) is 12. The Bertz CT molecular complexity index is 1520. The van der Waals surface area contributed by atoms with Gasteiger partial charge in [0.2, 0.25) is 5.91 Å². The summed E-state index contributed by atoms with van der Waals surface area (Å²) < 4.78 is 16.5. The molecule has 0 radical (unpaired) electrons. The van der Waals surface area contributed by atoms with Crippen LogP contribution < -0.4 is 19.7 Å². The van der Waals surface area contributed by atoms with Crippen molar-refractivity contribution in [2.75, 3.05) is 58.1 Å². The zero-order valence-corrected chi connectivity index (χ0v) is 25.2. The summed E-state index contributed by atoms with van der Waals surface area (Å²) >= 11 is 5.62. The number of carboxylic acid groups (broad SMARTS) is 1. The summed E-state index contributed by atoms with van der Waals surface area (Å²) in [6.45, 7) is 4.72. The van der Waals surface area contributed by atoms with Gasteiger partial charge < -0.3 is 44.4 Å². The summed E-state index contributed by atoms with van der Waals surface area (Å²) in [5.74, 6) is -0.195. The van der Waals surface area contributed by atoms with E-state index >= 15 is 0 Å². The highest BCUT2D eigenvalue weighted by Crippen LogP contribution is 2.35. The number of carbonyl (C=O) groups is 2. The first kappa shape index (κ1) is 31.0. The highest BCUT2D eigenvalue weighted by Gasteiger charge is 2.35. The number of piperazine rings is 1. The molecule has 2 aliphatic heterocycles. The number of aliphatic hydroxyl groups is 1. The third-order valence-corrected chi connectivity index (χ3v) is 7.72. The van der Waals surface area contributed by atoms with Gasteiger partial charge in [-0.3, -0.25) is 14.8 Å². The summed E-state index contributed by atoms with van der Waals surface area (Å²) in [6, 6.07) is 2.42. The van der Waals surface area contributed by atoms with E-state index < -0.39 is 24.0 Å². The third-order valence-electron chi connectivity index (χ3n) is 7.32. The molecule has 2 fully saturated rings. The number of aryl methyl sites for hydroxylation is 1. The summed E-state index contributed by atoms with van der Waals surface area (Å²) in [7, 11) is 1.51. The van der Waals surface area contributed by atoms with Gasteiger partial charge in [-0.2, -0.15) is 0 Å². The molecule has 1 aromatic carbocycles. The van der Waals surface area contributed by atoms with Crippen LogP contribution in [0.4, 0.5) is 5.82 Å². The lowest BCUT2D eigenvalue weighted by molar-refractivity contribution is -0.148. The monoisotopic (exact) mass is 626 g/mol. The van der Waals surface area contributed by atoms with Crippen LogP contribution in [0, 0.1) is 6.92 Å². The SMILES string of the molecule is COc1cc2c(N3CCN(C(=S)NCc4cncc(C)n4)CC3)ncnc2cc1OCC(O)CC(=O)N1COCC1C(=O)O. The van der Waals surface area contributed by atoms with Crippen molar-refractivity contribution in [3.05, 3.63) is 42.2 Å². The van der Waals surface area contributed by atoms with Gasteiger partial charge >= 0.3 is 5.97 Å². The predicted molar refractivity (Wildman–Crippen MR) is 161 cm³/mol. The molecule has 0 bridgehead atoms. The number of fused-ring (bicyclic) bond motifs is 1. The van der Waals surface area contributed by atoms with Crippen molar-refractivity contribution in [2.24, 2.45) is 0 Å². The van der Waals surface area contributed by atoms with Crippen molar-refractivity contribution in [2.45, 2.75) is 32.0 Å². The molecule has 2 unspecified atom stereocenters. The Morgan fingerprint density at radius 3 is 2.70 bits per heavy atom. The molecule has 2 aliphatic rings. The predicted octanol–water partition coefficient (Wildman–Crippen LogP) is 0.333. The Balaban J connectivity index is 1.19. The van der Waals surface area contributed by atoms with Crippen LogP contribution >= 0.6 is 12.2 Å². The highest BCUT2D eigenvalue weighted by molar-refractivity contribution is 7.80. The minimum absolute atomic E-state index is 0.0867. The molecular weight excluding hydrogens is 592 g/mol. The standard InChI is InChI=1S/C28H34N8O7S/c1-17-10-29-11-18(33-17)12-30-28(44)35-5-3-34(4-6-35)26-20-8-23(41-2)24(9-21(20)31-15-32-26)43-13-19(37)7-25(38)36-16-42-14-22(36)27(39)40/h8-11,15,19,22,37H,3-7,12-14,16H2,1-2H3,(H,30,44)(H,39,40). The molecule has 44 heavy (non-hydrogen) atoms. The maximum absolute atomic E-state index is 12.5. The van der Waals surface area contributed by atoms with E-state index in [1.165, 1.54) is 13.4 Å². The van der Waals surface area contributed by atoms with Gasteiger partial charge in [-0.1, -0.05) is 0 Å². The van der Waals surface area contributed by atoms with Crippen LogP contribution in [0.15, 0.2) is 30.9 Å². The fraction of sp³-hybridized carbons (Fsp3) is 0.464. The maximum atomic E-state index is 12.5. The van der Waals surface area contributed by atoms with Crippen LogP contribution in [0.5, 0.6) is 11.5 Å². The van der Waals surface area contributed by atoms with E-state index in [-0.39, 0.29) is 26.4 Å². The number of rotatable bonds is 10. The molecule has 0 spiro atoms. The van der Waals surface area contributed by atoms with Crippen molar-refractivity contribution in [3.8, 4) is 11.5 Å². The molecule has 5 rings (SSSR count). The van der Waals surface area contributed by atoms with Gasteiger partial charge in [0.15, 0.2) is 22.7 Å². The average Bonchev–Trinajstić information content (AvgIpc) is 3.53. The molecule has 2 saturated heterocycles. The van der Waals surface area contributed by atoms with Crippen LogP contribution in [0.2, 0.25) is 0 Å². The topological polar surface area (TPSA) is 176 Å². The number of thiocarbonyl (C=S) groups is 1. The van der Waals surface area contributed by atoms with Gasteiger partial charge in [-0.25, -0.2) is 14.8 Å². The smallest absolute Gasteiger partial charge is 0.328 e. The van der Waals surface area contributed by atoms with E-state index in [2.05, 4.69) is 35.1 Å². The number of aromatic nitrogens is 4. The molecule has 2 atom stereocenters. The summed E-state index contributed by atoms with van der Waals surface area (Å²) in [4.78, 5) is 46.8. The van der Waals surface area contributed by atoms with E-state index in [9.17, 15) is 19.8 Å². The molecule has 4 heterocycles. The largest absolute Gasteiger partial charge is 0.493 e. The molecule has 3 aromatic rings. The van der Waals surface area contributed by atoms with Gasteiger partial charge in [-0.15, -0.1) is 0 Å². The van der Waals surface area contributed by atoms with Gasteiger partial charge in [-0.05, 0) is 25.2 Å². The van der Waals surface area contributed by atoms with Crippen molar-refractivity contribution in [1.82, 2.24) is 35.1 Å². The number of nitrogens with zero attached hydrogens (tertiary/aromatic N) is 7. The number of benzene rings is 1. The number of methoxy groups -OCH3 is 1. The fourth-order valence-corrected chi connectivity index (χ4v) is 5.29. The molecule has 2 aromatic heterocycles. The number of carbonyl (C=O) groups excluding carboxylic acids is 1. The number of nitrogens with one attached hydrogen (secondary N) is 1. The average molecular weight is 627 g/mol. The van der Waals surface area contributed by atoms with E-state index in [1.54, 1.807) is 24.5 Å². The van der Waals surface area contributed by atoms with Crippen LogP contribution in [-0.4, -0.2) is 122 Å². The van der Waals surface area contributed by atoms with Crippen molar-refractivity contribution < 1.29 is 34.0 Å². The second-order valence-corrected chi connectivity index (χ2v) is 10.8. The first-order valence-electron chi connectivity index (χ1n) is 14.0. The number of ether oxygens (including phenoxy) is 3. The van der Waals surface area contributed by atoms with Crippen LogP contribution in [0.1, 0.15) is 17.8 Å². The van der Waals surface area contributed by atoms with E-state index in [4.69, 9.17) is 26.4 Å². The summed E-state index contributed by atoms with van der Waals surface area (Å²) in [6.07, 6.45) is 3.42. The second kappa shape index (κ2) is 13.9. The van der Waals surface area contributed by atoms with Crippen molar-refractivity contribution in [1.29, 1.82) is 0 Å². The van der Waals surface area contributed by atoms with Crippen LogP contribution in [0.25, 0.3) is 10.9 Å². The number of hydrogen-bond donors (Lipinski definition) is 3. The van der Waals surface area contributed by atoms with Crippen LogP contribution in [0.3, 0.4) is 0 Å². The first-order chi connectivity index (χ1) is 21.2. The lowest BCUT2D eigenvalue weighted by atomic mass is 10.1. The molecule has 0 saturated carbocycles. The van der Waals surface area contributed by atoms with Crippen molar-refractivity contribution in [3.63, 3.8) is 0 Å². The first-order valence-corrected chi connectivity index (χ1v) is 14.4. The zero-order valence-electron chi connectivity index (χ0n) is 24.4. The number of aliphatic carboxylic acids is 1. The van der Waals surface area contributed by atoms with Gasteiger partial charge in [0.1, 0.15) is 25.5 Å². The zero-order chi connectivity index (χ0) is 31.2. The molecule has 1 amide bonds. The Hall–Kier alpha value is -4.41. The lowest BCUT2D eigenvalue weighted by Gasteiger charge is -2.37. The number of aliphatic hydroxyl groups excluding tert-OH is 1. The summed E-state index contributed by atoms with van der Waals surface area (Å²) in [5, 5.41) is 24.4. The van der Waals surface area contributed by atoms with E-state index in [0.717, 1.165) is 27.5 Å². The van der Waals surface area contributed by atoms with E-state index in [1.807, 2.05) is 6.92 Å². The molecule has 234 valence electrons. The normalized spacial score (nSPS) is 17.4. The van der Waals surface area contributed by atoms with Gasteiger partial charge in [0.05, 0.1) is 55.9 Å². The molecule has 15 nitrogen and oxygen atoms in total. The highest BCUT2D eigenvalue weighted by atomic mass is 32.1. The minimum atomic E-state index is -1.18. The third kappa shape index (κ3) is 7.20. The number of carboxylic acids is 1. The minimum Gasteiger partial charge on any atom is -0.493 e. The Kier molecular flexibility index (Phi) is 9.82. The molecule has 3 N–H and O–H groups in total. The fourth-order valence-electron chi connectivity index (χ4n) is 5.03. The maximum Gasteiger partial charge on any atom is 0.328 e. The Labute approximate surface area is 258 Å². The summed E-state index contributed by atoms with van der Waals surface area (Å²) in [5.41, 5.74) is 2.30. The van der Waals surface area contributed by atoms with Crippen molar-refractivity contribution >= 4 is 45.9 Å².